The Bertz CT molecular complexity index is 535. The first-order chi connectivity index (χ1) is 11.2. The molecule has 23 heavy (non-hydrogen) atoms. The second-order valence-corrected chi connectivity index (χ2v) is 5.93. The summed E-state index contributed by atoms with van der Waals surface area (Å²) in [5.74, 6) is 0.237. The second kappa shape index (κ2) is 7.57. The van der Waals surface area contributed by atoms with Crippen LogP contribution >= 0.6 is 0 Å². The number of carbonyl (C=O) groups is 2. The van der Waals surface area contributed by atoms with Crippen molar-refractivity contribution in [3.8, 4) is 0 Å². The van der Waals surface area contributed by atoms with Crippen LogP contribution in [-0.4, -0.2) is 85.5 Å². The van der Waals surface area contributed by atoms with Crippen LogP contribution in [-0.2, 0) is 9.53 Å². The fourth-order valence-corrected chi connectivity index (χ4v) is 2.98. The molecule has 0 saturated carbocycles. The lowest BCUT2D eigenvalue weighted by Crippen LogP contribution is -2.52. The first kappa shape index (κ1) is 16.0. The molecule has 6 nitrogen and oxygen atoms in total. The molecule has 2 aliphatic rings. The van der Waals surface area contributed by atoms with E-state index in [2.05, 4.69) is 4.90 Å². The van der Waals surface area contributed by atoms with E-state index in [-0.39, 0.29) is 11.8 Å². The molecule has 3 rings (SSSR count). The molecule has 0 radical (unpaired) electrons. The molecule has 124 valence electrons. The van der Waals surface area contributed by atoms with Crippen LogP contribution in [0.3, 0.4) is 0 Å². The highest BCUT2D eigenvalue weighted by Crippen LogP contribution is 2.09. The van der Waals surface area contributed by atoms with Crippen LogP contribution in [0.5, 0.6) is 0 Å². The van der Waals surface area contributed by atoms with Crippen molar-refractivity contribution >= 4 is 11.8 Å². The maximum atomic E-state index is 12.4. The molecular weight excluding hydrogens is 294 g/mol. The van der Waals surface area contributed by atoms with Gasteiger partial charge in [-0.3, -0.25) is 14.5 Å². The highest BCUT2D eigenvalue weighted by molar-refractivity contribution is 5.94. The summed E-state index contributed by atoms with van der Waals surface area (Å²) in [5.41, 5.74) is 0.727. The molecule has 0 aromatic heterocycles. The molecule has 2 saturated heterocycles. The Balaban J connectivity index is 1.46. The molecule has 0 aliphatic carbocycles. The van der Waals surface area contributed by atoms with Crippen molar-refractivity contribution in [1.29, 1.82) is 0 Å². The maximum absolute atomic E-state index is 12.4. The van der Waals surface area contributed by atoms with E-state index in [0.29, 0.717) is 45.9 Å². The number of hydrogen-bond acceptors (Lipinski definition) is 4. The van der Waals surface area contributed by atoms with E-state index in [1.807, 2.05) is 40.1 Å². The van der Waals surface area contributed by atoms with Gasteiger partial charge in [-0.1, -0.05) is 18.2 Å². The predicted molar refractivity (Wildman–Crippen MR) is 86.2 cm³/mol. The van der Waals surface area contributed by atoms with Gasteiger partial charge < -0.3 is 14.5 Å². The minimum Gasteiger partial charge on any atom is -0.378 e. The molecule has 0 bridgehead atoms. The SMILES string of the molecule is O=C(CN1CCN(C(=O)c2ccccc2)CC1)N1CCOCC1. The third kappa shape index (κ3) is 4.09. The summed E-state index contributed by atoms with van der Waals surface area (Å²) < 4.78 is 5.27. The number of amides is 2. The van der Waals surface area contributed by atoms with Crippen molar-refractivity contribution in [2.45, 2.75) is 0 Å². The van der Waals surface area contributed by atoms with Crippen molar-refractivity contribution in [3.63, 3.8) is 0 Å². The average Bonchev–Trinajstić information content (AvgIpc) is 2.63. The van der Waals surface area contributed by atoms with Crippen LogP contribution in [0.1, 0.15) is 10.4 Å². The third-order valence-electron chi connectivity index (χ3n) is 4.40. The van der Waals surface area contributed by atoms with Gasteiger partial charge in [-0.15, -0.1) is 0 Å². The number of nitrogens with zero attached hydrogens (tertiary/aromatic N) is 3. The summed E-state index contributed by atoms with van der Waals surface area (Å²) in [4.78, 5) is 30.5. The first-order valence-corrected chi connectivity index (χ1v) is 8.16. The fraction of sp³-hybridized carbons (Fsp3) is 0.529. The lowest BCUT2D eigenvalue weighted by Gasteiger charge is -2.36. The highest BCUT2D eigenvalue weighted by Gasteiger charge is 2.25. The average molecular weight is 317 g/mol. The predicted octanol–water partition coefficient (Wildman–Crippen LogP) is 0.303. The van der Waals surface area contributed by atoms with E-state index in [4.69, 9.17) is 4.74 Å². The summed E-state index contributed by atoms with van der Waals surface area (Å²) in [5, 5.41) is 0. The molecule has 2 amide bonds. The zero-order valence-electron chi connectivity index (χ0n) is 13.3. The van der Waals surface area contributed by atoms with Gasteiger partial charge in [0.25, 0.3) is 5.91 Å². The molecule has 2 heterocycles. The molecule has 0 unspecified atom stereocenters. The number of benzene rings is 1. The summed E-state index contributed by atoms with van der Waals surface area (Å²) >= 11 is 0. The van der Waals surface area contributed by atoms with Gasteiger partial charge in [0, 0.05) is 44.8 Å². The maximum Gasteiger partial charge on any atom is 0.253 e. The van der Waals surface area contributed by atoms with Gasteiger partial charge in [-0.25, -0.2) is 0 Å². The summed E-state index contributed by atoms with van der Waals surface area (Å²) in [6.07, 6.45) is 0. The minimum absolute atomic E-state index is 0.0738. The monoisotopic (exact) mass is 317 g/mol. The van der Waals surface area contributed by atoms with Crippen molar-refractivity contribution in [1.82, 2.24) is 14.7 Å². The molecule has 0 spiro atoms. The van der Waals surface area contributed by atoms with Crippen LogP contribution in [0.25, 0.3) is 0 Å². The summed E-state index contributed by atoms with van der Waals surface area (Å²) in [6, 6.07) is 9.36. The largest absolute Gasteiger partial charge is 0.378 e. The highest BCUT2D eigenvalue weighted by atomic mass is 16.5. The molecule has 2 fully saturated rings. The van der Waals surface area contributed by atoms with Gasteiger partial charge >= 0.3 is 0 Å². The Kier molecular flexibility index (Phi) is 5.25. The minimum atomic E-state index is 0.0738. The van der Waals surface area contributed by atoms with E-state index in [1.165, 1.54) is 0 Å². The number of hydrogen-bond donors (Lipinski definition) is 0. The van der Waals surface area contributed by atoms with Crippen molar-refractivity contribution in [3.05, 3.63) is 35.9 Å². The Hall–Kier alpha value is -1.92. The van der Waals surface area contributed by atoms with Gasteiger partial charge in [-0.05, 0) is 12.1 Å². The van der Waals surface area contributed by atoms with Crippen LogP contribution in [0.15, 0.2) is 30.3 Å². The van der Waals surface area contributed by atoms with E-state index >= 15 is 0 Å². The molecular formula is C17H23N3O3. The standard InChI is InChI=1S/C17H23N3O3/c21-16(19-10-12-23-13-11-19)14-18-6-8-20(9-7-18)17(22)15-4-2-1-3-5-15/h1-5H,6-14H2. The van der Waals surface area contributed by atoms with Crippen LogP contribution in [0.4, 0.5) is 0 Å². The number of piperazine rings is 1. The van der Waals surface area contributed by atoms with E-state index < -0.39 is 0 Å². The zero-order chi connectivity index (χ0) is 16.1. The van der Waals surface area contributed by atoms with Crippen LogP contribution in [0, 0.1) is 0 Å². The first-order valence-electron chi connectivity index (χ1n) is 8.16. The van der Waals surface area contributed by atoms with Crippen molar-refractivity contribution < 1.29 is 14.3 Å². The van der Waals surface area contributed by atoms with Gasteiger partial charge in [0.1, 0.15) is 0 Å². The normalized spacial score (nSPS) is 19.7. The lowest BCUT2D eigenvalue weighted by atomic mass is 10.2. The molecule has 0 N–H and O–H groups in total. The summed E-state index contributed by atoms with van der Waals surface area (Å²) in [7, 11) is 0. The number of rotatable bonds is 3. The molecule has 1 aromatic rings. The molecule has 0 atom stereocenters. The quantitative estimate of drug-likeness (QED) is 0.805. The Morgan fingerprint density at radius 3 is 2.17 bits per heavy atom. The molecule has 6 heteroatoms. The van der Waals surface area contributed by atoms with E-state index in [1.54, 1.807) is 0 Å². The summed E-state index contributed by atoms with van der Waals surface area (Å²) in [6.45, 7) is 5.90. The zero-order valence-corrected chi connectivity index (χ0v) is 13.3. The Morgan fingerprint density at radius 2 is 1.52 bits per heavy atom. The van der Waals surface area contributed by atoms with Gasteiger partial charge in [0.15, 0.2) is 0 Å². The number of ether oxygens (including phenoxy) is 1. The van der Waals surface area contributed by atoms with Gasteiger partial charge in [-0.2, -0.15) is 0 Å². The number of carbonyl (C=O) groups excluding carboxylic acids is 2. The van der Waals surface area contributed by atoms with Gasteiger partial charge in [0.2, 0.25) is 5.91 Å². The lowest BCUT2D eigenvalue weighted by molar-refractivity contribution is -0.136. The molecule has 2 aliphatic heterocycles. The topological polar surface area (TPSA) is 53.1 Å². The third-order valence-corrected chi connectivity index (χ3v) is 4.40. The second-order valence-electron chi connectivity index (χ2n) is 5.93. The van der Waals surface area contributed by atoms with Crippen LogP contribution < -0.4 is 0 Å². The fourth-order valence-electron chi connectivity index (χ4n) is 2.98. The van der Waals surface area contributed by atoms with Crippen LogP contribution in [0.2, 0.25) is 0 Å². The van der Waals surface area contributed by atoms with Crippen molar-refractivity contribution in [2.75, 3.05) is 59.0 Å². The smallest absolute Gasteiger partial charge is 0.253 e. The molecule has 1 aromatic carbocycles. The Morgan fingerprint density at radius 1 is 0.870 bits per heavy atom. The van der Waals surface area contributed by atoms with Crippen molar-refractivity contribution in [2.24, 2.45) is 0 Å². The number of morpholine rings is 1. The van der Waals surface area contributed by atoms with E-state index in [9.17, 15) is 9.59 Å². The van der Waals surface area contributed by atoms with E-state index in [0.717, 1.165) is 18.7 Å². The van der Waals surface area contributed by atoms with Gasteiger partial charge in [0.05, 0.1) is 19.8 Å². The Labute approximate surface area is 136 Å².